The molecule has 88 valence electrons. The zero-order valence-corrected chi connectivity index (χ0v) is 10.5. The van der Waals surface area contributed by atoms with Crippen molar-refractivity contribution in [3.8, 4) is 0 Å². The number of hydrogen-bond donors (Lipinski definition) is 2. The number of benzene rings is 1. The van der Waals surface area contributed by atoms with Crippen LogP contribution in [-0.4, -0.2) is 4.98 Å². The van der Waals surface area contributed by atoms with Crippen LogP contribution in [-0.2, 0) is 0 Å². The molecule has 5 heteroatoms. The highest BCUT2D eigenvalue weighted by molar-refractivity contribution is 9.10. The van der Waals surface area contributed by atoms with E-state index >= 15 is 0 Å². The van der Waals surface area contributed by atoms with E-state index in [4.69, 9.17) is 5.84 Å². The molecular weight excluding hydrogens is 285 g/mol. The van der Waals surface area contributed by atoms with Crippen LogP contribution >= 0.6 is 15.9 Å². The molecule has 0 saturated carbocycles. The van der Waals surface area contributed by atoms with Crippen molar-refractivity contribution >= 4 is 15.9 Å². The van der Waals surface area contributed by atoms with Gasteiger partial charge in [-0.05, 0) is 30.3 Å². The molecule has 3 N–H and O–H groups in total. The first-order valence-electron chi connectivity index (χ1n) is 5.04. The number of pyridine rings is 1. The third-order valence-electron chi connectivity index (χ3n) is 2.42. The van der Waals surface area contributed by atoms with Crippen LogP contribution in [0.2, 0.25) is 0 Å². The highest BCUT2D eigenvalue weighted by Crippen LogP contribution is 2.25. The summed E-state index contributed by atoms with van der Waals surface area (Å²) >= 11 is 3.31. The Balaban J connectivity index is 2.46. The van der Waals surface area contributed by atoms with Gasteiger partial charge in [-0.3, -0.25) is 10.8 Å². The molecule has 2 rings (SSSR count). The summed E-state index contributed by atoms with van der Waals surface area (Å²) in [5.74, 6) is 5.17. The van der Waals surface area contributed by atoms with Gasteiger partial charge in [0.05, 0.1) is 11.7 Å². The van der Waals surface area contributed by atoms with Crippen LogP contribution in [0.5, 0.6) is 0 Å². The highest BCUT2D eigenvalue weighted by atomic mass is 79.9. The van der Waals surface area contributed by atoms with Gasteiger partial charge in [0.1, 0.15) is 5.82 Å². The minimum Gasteiger partial charge on any atom is -0.271 e. The summed E-state index contributed by atoms with van der Waals surface area (Å²) in [6.07, 6.45) is 1.65. The molecule has 0 spiro atoms. The monoisotopic (exact) mass is 295 g/mol. The third kappa shape index (κ3) is 2.69. The van der Waals surface area contributed by atoms with E-state index in [1.54, 1.807) is 30.5 Å². The predicted octanol–water partition coefficient (Wildman–Crippen LogP) is 2.54. The van der Waals surface area contributed by atoms with Crippen molar-refractivity contribution in [1.82, 2.24) is 10.4 Å². The lowest BCUT2D eigenvalue weighted by Gasteiger charge is -2.16. The van der Waals surface area contributed by atoms with Gasteiger partial charge in [-0.1, -0.05) is 22.0 Å². The molecular formula is C12H11BrFN3. The van der Waals surface area contributed by atoms with Gasteiger partial charge >= 0.3 is 0 Å². The van der Waals surface area contributed by atoms with E-state index in [1.165, 1.54) is 6.07 Å². The summed E-state index contributed by atoms with van der Waals surface area (Å²) in [7, 11) is 0. The first-order valence-corrected chi connectivity index (χ1v) is 5.83. The summed E-state index contributed by atoms with van der Waals surface area (Å²) in [5.41, 5.74) is 3.71. The van der Waals surface area contributed by atoms with E-state index in [-0.39, 0.29) is 5.82 Å². The molecule has 17 heavy (non-hydrogen) atoms. The Kier molecular flexibility index (Phi) is 3.83. The van der Waals surface area contributed by atoms with Crippen molar-refractivity contribution in [2.24, 2.45) is 5.84 Å². The lowest BCUT2D eigenvalue weighted by atomic mass is 10.0. The van der Waals surface area contributed by atoms with E-state index in [0.717, 1.165) is 4.47 Å². The molecule has 0 bridgehead atoms. The van der Waals surface area contributed by atoms with E-state index in [1.807, 2.05) is 6.07 Å². The highest BCUT2D eigenvalue weighted by Gasteiger charge is 2.17. The second kappa shape index (κ2) is 5.35. The molecule has 1 aromatic carbocycles. The van der Waals surface area contributed by atoms with Crippen LogP contribution in [0.4, 0.5) is 4.39 Å². The zero-order valence-electron chi connectivity index (χ0n) is 8.90. The molecule has 0 amide bonds. The summed E-state index contributed by atoms with van der Waals surface area (Å²) in [5, 5.41) is 0. The lowest BCUT2D eigenvalue weighted by molar-refractivity contribution is 0.552. The fraction of sp³-hybridized carbons (Fsp3) is 0.0833. The maximum absolute atomic E-state index is 13.7. The van der Waals surface area contributed by atoms with Gasteiger partial charge < -0.3 is 0 Å². The summed E-state index contributed by atoms with van der Waals surface area (Å²) < 4.78 is 14.5. The van der Waals surface area contributed by atoms with E-state index in [9.17, 15) is 4.39 Å². The zero-order chi connectivity index (χ0) is 12.3. The molecule has 1 aromatic heterocycles. The van der Waals surface area contributed by atoms with E-state index in [0.29, 0.717) is 11.3 Å². The van der Waals surface area contributed by atoms with Crippen LogP contribution in [0.15, 0.2) is 47.1 Å². The molecule has 1 unspecified atom stereocenters. The maximum atomic E-state index is 13.7. The van der Waals surface area contributed by atoms with Gasteiger partial charge in [0.2, 0.25) is 0 Å². The molecule has 0 aliphatic carbocycles. The number of halogens is 2. The minimum absolute atomic E-state index is 0.318. The van der Waals surface area contributed by atoms with Crippen LogP contribution < -0.4 is 11.3 Å². The number of hydrogen-bond acceptors (Lipinski definition) is 3. The quantitative estimate of drug-likeness (QED) is 0.676. The summed E-state index contributed by atoms with van der Waals surface area (Å²) in [4.78, 5) is 4.17. The number of nitrogens with one attached hydrogen (secondary N) is 1. The predicted molar refractivity (Wildman–Crippen MR) is 67.5 cm³/mol. The second-order valence-corrected chi connectivity index (χ2v) is 4.44. The molecule has 0 aliphatic heterocycles. The maximum Gasteiger partial charge on any atom is 0.128 e. The number of aromatic nitrogens is 1. The van der Waals surface area contributed by atoms with Gasteiger partial charge in [0.25, 0.3) is 0 Å². The Morgan fingerprint density at radius 3 is 2.76 bits per heavy atom. The number of hydrazine groups is 1. The van der Waals surface area contributed by atoms with Crippen molar-refractivity contribution in [3.63, 3.8) is 0 Å². The summed E-state index contributed by atoms with van der Waals surface area (Å²) in [6, 6.07) is 9.70. The Bertz CT molecular complexity index is 504. The van der Waals surface area contributed by atoms with Crippen LogP contribution in [0.1, 0.15) is 17.3 Å². The van der Waals surface area contributed by atoms with Crippen LogP contribution in [0, 0.1) is 5.82 Å². The fourth-order valence-electron chi connectivity index (χ4n) is 1.62. The number of rotatable bonds is 3. The van der Waals surface area contributed by atoms with Crippen molar-refractivity contribution in [1.29, 1.82) is 0 Å². The lowest BCUT2D eigenvalue weighted by Crippen LogP contribution is -2.30. The van der Waals surface area contributed by atoms with Crippen LogP contribution in [0.25, 0.3) is 0 Å². The number of nitrogens with zero attached hydrogens (tertiary/aromatic N) is 1. The molecule has 0 aliphatic rings. The van der Waals surface area contributed by atoms with Gasteiger partial charge in [-0.15, -0.1) is 0 Å². The Morgan fingerprint density at radius 1 is 1.29 bits per heavy atom. The van der Waals surface area contributed by atoms with Gasteiger partial charge in [-0.25, -0.2) is 9.82 Å². The fourth-order valence-corrected chi connectivity index (χ4v) is 2.00. The van der Waals surface area contributed by atoms with Crippen molar-refractivity contribution in [2.45, 2.75) is 6.04 Å². The molecule has 0 saturated heterocycles. The molecule has 1 atom stereocenters. The van der Waals surface area contributed by atoms with Crippen molar-refractivity contribution in [3.05, 3.63) is 64.1 Å². The van der Waals surface area contributed by atoms with Gasteiger partial charge in [0, 0.05) is 16.2 Å². The van der Waals surface area contributed by atoms with Gasteiger partial charge in [0.15, 0.2) is 0 Å². The average molecular weight is 296 g/mol. The molecule has 0 radical (unpaired) electrons. The Morgan fingerprint density at radius 2 is 2.12 bits per heavy atom. The molecule has 3 nitrogen and oxygen atoms in total. The molecule has 2 aromatic rings. The largest absolute Gasteiger partial charge is 0.271 e. The van der Waals surface area contributed by atoms with E-state index < -0.39 is 6.04 Å². The Hall–Kier alpha value is -1.30. The molecule has 1 heterocycles. The first-order chi connectivity index (χ1) is 8.22. The minimum atomic E-state index is -0.464. The van der Waals surface area contributed by atoms with Crippen molar-refractivity contribution < 1.29 is 4.39 Å². The topological polar surface area (TPSA) is 50.9 Å². The average Bonchev–Trinajstić information content (AvgIpc) is 2.36. The molecule has 0 fully saturated rings. The van der Waals surface area contributed by atoms with Gasteiger partial charge in [-0.2, -0.15) is 0 Å². The smallest absolute Gasteiger partial charge is 0.128 e. The van der Waals surface area contributed by atoms with E-state index in [2.05, 4.69) is 26.3 Å². The van der Waals surface area contributed by atoms with Crippen LogP contribution in [0.3, 0.4) is 0 Å². The number of nitrogens with two attached hydrogens (primary N) is 1. The second-order valence-electron chi connectivity index (χ2n) is 3.52. The SMILES string of the molecule is NNC(c1ccccn1)c1cc(Br)ccc1F. The standard InChI is InChI=1S/C12H11BrFN3/c13-8-4-5-10(14)9(7-8)12(17-15)11-3-1-2-6-16-11/h1-7,12,17H,15H2. The first kappa shape index (κ1) is 12.2. The van der Waals surface area contributed by atoms with Crippen molar-refractivity contribution in [2.75, 3.05) is 0 Å². The third-order valence-corrected chi connectivity index (χ3v) is 2.91. The summed E-state index contributed by atoms with van der Waals surface area (Å²) in [6.45, 7) is 0. The normalized spacial score (nSPS) is 12.4. The Labute approximate surface area is 107 Å².